The van der Waals surface area contributed by atoms with Gasteiger partial charge in [0.05, 0.1) is 0 Å². The number of anilines is 1. The fraction of sp³-hybridized carbons (Fsp3) is 0.412. The van der Waals surface area contributed by atoms with Crippen LogP contribution in [0.1, 0.15) is 79.8 Å². The summed E-state index contributed by atoms with van der Waals surface area (Å²) in [5.74, 6) is -4.85. The number of aromatic nitrogens is 2. The molecule has 2 aliphatic heterocycles. The Kier molecular flexibility index (Phi) is 8.83. The molecule has 0 saturated carbocycles. The summed E-state index contributed by atoms with van der Waals surface area (Å²) < 4.78 is 79.5. The lowest BCUT2D eigenvalue weighted by molar-refractivity contribution is 0.0229. The van der Waals surface area contributed by atoms with Gasteiger partial charge < -0.3 is 19.5 Å². The Morgan fingerprint density at radius 3 is 2.49 bits per heavy atom. The molecule has 13 heteroatoms. The first kappa shape index (κ1) is 33.0. The molecule has 0 radical (unpaired) electrons. The summed E-state index contributed by atoms with van der Waals surface area (Å²) in [6, 6.07) is 11.4. The van der Waals surface area contributed by atoms with Gasteiger partial charge in [0.1, 0.15) is 21.9 Å². The van der Waals surface area contributed by atoms with Crippen LogP contribution in [0.2, 0.25) is 0 Å². The van der Waals surface area contributed by atoms with E-state index < -0.39 is 45.0 Å². The van der Waals surface area contributed by atoms with Crippen molar-refractivity contribution in [3.05, 3.63) is 88.6 Å². The van der Waals surface area contributed by atoms with Crippen molar-refractivity contribution in [2.45, 2.75) is 94.8 Å². The quantitative estimate of drug-likeness (QED) is 0.202. The van der Waals surface area contributed by atoms with Gasteiger partial charge in [0, 0.05) is 59.3 Å². The van der Waals surface area contributed by atoms with Crippen molar-refractivity contribution >= 4 is 21.6 Å². The van der Waals surface area contributed by atoms with Crippen LogP contribution < -0.4 is 5.32 Å². The number of amides is 1. The Bertz CT molecular complexity index is 1900. The number of hydrogen-bond donors (Lipinski definition) is 2. The molecule has 2 N–H and O–H groups in total. The van der Waals surface area contributed by atoms with Gasteiger partial charge in [-0.25, -0.2) is 21.6 Å². The first-order valence-corrected chi connectivity index (χ1v) is 17.2. The molecule has 2 aromatic heterocycles. The third-order valence-electron chi connectivity index (χ3n) is 9.31. The number of carbonyl (C=O) groups excluding carboxylic acids is 1. The summed E-state index contributed by atoms with van der Waals surface area (Å²) >= 11 is 0. The molecule has 1 fully saturated rings. The lowest BCUT2D eigenvalue weighted by Crippen LogP contribution is -2.43. The van der Waals surface area contributed by atoms with Gasteiger partial charge in [-0.15, -0.1) is 0 Å². The van der Waals surface area contributed by atoms with Crippen LogP contribution in [0.4, 0.5) is 18.9 Å². The highest BCUT2D eigenvalue weighted by molar-refractivity contribution is 7.89. The van der Waals surface area contributed by atoms with Crippen molar-refractivity contribution in [1.82, 2.24) is 14.0 Å². The topological polar surface area (TPSA) is 118 Å². The number of rotatable bonds is 8. The van der Waals surface area contributed by atoms with E-state index in [-0.39, 0.29) is 40.0 Å². The lowest BCUT2D eigenvalue weighted by atomic mass is 9.92. The Morgan fingerprint density at radius 2 is 1.79 bits per heavy atom. The highest BCUT2D eigenvalue weighted by Crippen LogP contribution is 2.41. The Labute approximate surface area is 271 Å². The summed E-state index contributed by atoms with van der Waals surface area (Å²) in [4.78, 5) is 13.7. The first-order chi connectivity index (χ1) is 22.3. The van der Waals surface area contributed by atoms with E-state index in [4.69, 9.17) is 4.52 Å². The maximum atomic E-state index is 14.7. The van der Waals surface area contributed by atoms with Gasteiger partial charge in [-0.05, 0) is 59.3 Å². The molecule has 2 aliphatic rings. The summed E-state index contributed by atoms with van der Waals surface area (Å²) in [5, 5.41) is 18.2. The van der Waals surface area contributed by atoms with Gasteiger partial charge in [-0.2, -0.15) is 4.31 Å². The van der Waals surface area contributed by atoms with Crippen molar-refractivity contribution in [3.63, 3.8) is 0 Å². The standard InChI is InChI=1S/C34H37F3N4O5S/c1-20-13-14-24(19-34(3,43)29-18-28(46-39-29)22-10-6-4-7-11-22)41(20)47(44,45)32-21(2)31(40-15-9-5-8-12-27(32)40)33(42)38-23-16-25(35)30(37)26(36)17-23/h4,6-7,10-11,16-18,20,24,43H,5,8-9,12-15,19H2,1-3H3,(H,38,42). The number of sulfonamides is 1. The van der Waals surface area contributed by atoms with Crippen LogP contribution in [0.25, 0.3) is 11.3 Å². The molecule has 9 nitrogen and oxygen atoms in total. The van der Waals surface area contributed by atoms with Gasteiger partial charge >= 0.3 is 0 Å². The van der Waals surface area contributed by atoms with E-state index in [0.717, 1.165) is 12.0 Å². The molecule has 0 spiro atoms. The number of nitrogens with zero attached hydrogens (tertiary/aromatic N) is 3. The summed E-state index contributed by atoms with van der Waals surface area (Å²) in [7, 11) is -4.21. The molecular formula is C34H37F3N4O5S. The summed E-state index contributed by atoms with van der Waals surface area (Å²) in [6.07, 6.45) is 3.78. The van der Waals surface area contributed by atoms with E-state index >= 15 is 0 Å². The second kappa shape index (κ2) is 12.6. The minimum atomic E-state index is -4.21. The van der Waals surface area contributed by atoms with Crippen LogP contribution >= 0.6 is 0 Å². The Balaban J connectivity index is 1.34. The van der Waals surface area contributed by atoms with Crippen molar-refractivity contribution < 1.29 is 36.0 Å². The molecule has 6 rings (SSSR count). The zero-order chi connectivity index (χ0) is 33.7. The largest absolute Gasteiger partial charge is 0.384 e. The van der Waals surface area contributed by atoms with Crippen LogP contribution in [0.3, 0.4) is 0 Å². The number of nitrogens with one attached hydrogen (secondary N) is 1. The number of aliphatic hydroxyl groups is 1. The molecule has 0 aliphatic carbocycles. The molecule has 1 saturated heterocycles. The van der Waals surface area contributed by atoms with Crippen molar-refractivity contribution in [2.75, 3.05) is 5.32 Å². The molecule has 4 aromatic rings. The average molecular weight is 671 g/mol. The molecule has 47 heavy (non-hydrogen) atoms. The molecule has 3 atom stereocenters. The zero-order valence-corrected chi connectivity index (χ0v) is 27.2. The van der Waals surface area contributed by atoms with Crippen molar-refractivity contribution in [2.24, 2.45) is 0 Å². The molecule has 3 unspecified atom stereocenters. The first-order valence-electron chi connectivity index (χ1n) is 15.8. The molecule has 4 heterocycles. The summed E-state index contributed by atoms with van der Waals surface area (Å²) in [5.41, 5.74) is 0.0488. The fourth-order valence-corrected chi connectivity index (χ4v) is 9.44. The Morgan fingerprint density at radius 1 is 1.09 bits per heavy atom. The molecule has 0 bridgehead atoms. The monoisotopic (exact) mass is 670 g/mol. The fourth-order valence-electron chi connectivity index (χ4n) is 7.08. The zero-order valence-electron chi connectivity index (χ0n) is 26.4. The van der Waals surface area contributed by atoms with E-state index in [0.29, 0.717) is 62.2 Å². The van der Waals surface area contributed by atoms with Crippen LogP contribution in [0.5, 0.6) is 0 Å². The number of benzene rings is 2. The van der Waals surface area contributed by atoms with Gasteiger partial charge in [0.2, 0.25) is 10.0 Å². The maximum absolute atomic E-state index is 14.7. The van der Waals surface area contributed by atoms with E-state index in [9.17, 15) is 31.5 Å². The SMILES string of the molecule is Cc1c(S(=O)(=O)N2C(C)CCC2CC(C)(O)c2cc(-c3ccccc3)on2)c2n(c1C(=O)Nc1cc(F)c(F)c(F)c1)CCCCC2. The minimum Gasteiger partial charge on any atom is -0.384 e. The molecule has 250 valence electrons. The van der Waals surface area contributed by atoms with Crippen molar-refractivity contribution in [3.8, 4) is 11.3 Å². The normalized spacial score (nSPS) is 20.1. The highest BCUT2D eigenvalue weighted by Gasteiger charge is 2.46. The van der Waals surface area contributed by atoms with Gasteiger partial charge in [-0.1, -0.05) is 41.9 Å². The average Bonchev–Trinajstić information content (AvgIpc) is 3.68. The highest BCUT2D eigenvalue weighted by atomic mass is 32.2. The second-order valence-corrected chi connectivity index (χ2v) is 14.5. The van der Waals surface area contributed by atoms with Gasteiger partial charge in [0.15, 0.2) is 23.2 Å². The predicted molar refractivity (Wildman–Crippen MR) is 169 cm³/mol. The number of fused-ring (bicyclic) bond motifs is 1. The molecule has 1 amide bonds. The third-order valence-corrected chi connectivity index (χ3v) is 11.6. The second-order valence-electron chi connectivity index (χ2n) is 12.8. The number of hydrogen-bond acceptors (Lipinski definition) is 6. The minimum absolute atomic E-state index is 0.0345. The number of halogens is 3. The van der Waals surface area contributed by atoms with Crippen molar-refractivity contribution in [1.29, 1.82) is 0 Å². The van der Waals surface area contributed by atoms with E-state index in [1.807, 2.05) is 37.3 Å². The summed E-state index contributed by atoms with van der Waals surface area (Å²) in [6.45, 7) is 5.35. The van der Waals surface area contributed by atoms with E-state index in [2.05, 4.69) is 10.5 Å². The lowest BCUT2D eigenvalue weighted by Gasteiger charge is -2.32. The van der Waals surface area contributed by atoms with E-state index in [1.54, 1.807) is 24.5 Å². The van der Waals surface area contributed by atoms with Gasteiger partial charge in [0.25, 0.3) is 5.91 Å². The predicted octanol–water partition coefficient (Wildman–Crippen LogP) is 6.69. The Hall–Kier alpha value is -3.94. The smallest absolute Gasteiger partial charge is 0.272 e. The van der Waals surface area contributed by atoms with Crippen LogP contribution in [-0.4, -0.2) is 45.5 Å². The van der Waals surface area contributed by atoms with E-state index in [1.165, 1.54) is 4.31 Å². The molecular weight excluding hydrogens is 633 g/mol. The molecule has 2 aromatic carbocycles. The van der Waals surface area contributed by atoms with Crippen LogP contribution in [0, 0.1) is 24.4 Å². The van der Waals surface area contributed by atoms with Crippen LogP contribution in [0.15, 0.2) is 57.9 Å². The third kappa shape index (κ3) is 6.12. The van der Waals surface area contributed by atoms with Gasteiger partial charge in [-0.3, -0.25) is 4.79 Å². The maximum Gasteiger partial charge on any atom is 0.272 e. The van der Waals surface area contributed by atoms with Crippen LogP contribution in [-0.2, 0) is 28.6 Å². The number of carbonyl (C=O) groups is 1.